The van der Waals surface area contributed by atoms with Crippen LogP contribution in [0.25, 0.3) is 0 Å². The second-order valence-electron chi connectivity index (χ2n) is 2.71. The Labute approximate surface area is 74.5 Å². The molecular weight excluding hydrogens is 160 g/mol. The van der Waals surface area contributed by atoms with Crippen LogP contribution in [-0.2, 0) is 0 Å². The lowest BCUT2D eigenvalue weighted by Gasteiger charge is -2.19. The monoisotopic (exact) mass is 174 g/mol. The molecule has 64 valence electrons. The predicted molar refractivity (Wildman–Crippen MR) is 49.7 cm³/mol. The maximum absolute atomic E-state index is 5.54. The topological polar surface area (TPSA) is 29.3 Å². The molecule has 1 aliphatic heterocycles. The van der Waals surface area contributed by atoms with Crippen molar-refractivity contribution in [2.45, 2.75) is 18.9 Å². The van der Waals surface area contributed by atoms with Crippen molar-refractivity contribution in [2.24, 2.45) is 5.73 Å². The summed E-state index contributed by atoms with van der Waals surface area (Å²) in [7, 11) is 0. The third-order valence-corrected chi connectivity index (χ3v) is 2.07. The van der Waals surface area contributed by atoms with Gasteiger partial charge in [-0.1, -0.05) is 5.92 Å². The number of nitrogens with two attached hydrogens (primary N) is 1. The van der Waals surface area contributed by atoms with Crippen LogP contribution in [0.2, 0.25) is 0 Å². The summed E-state index contributed by atoms with van der Waals surface area (Å²) in [6, 6.07) is 0.552. The average molecular weight is 175 g/mol. The Morgan fingerprint density at radius 2 is 2.36 bits per heavy atom. The zero-order chi connectivity index (χ0) is 7.40. The van der Waals surface area contributed by atoms with Gasteiger partial charge in [-0.3, -0.25) is 4.90 Å². The number of nitrogens with zero attached hydrogens (tertiary/aromatic N) is 1. The van der Waals surface area contributed by atoms with Crippen LogP contribution in [0.4, 0.5) is 0 Å². The number of likely N-dealkylation sites (tertiary alicyclic amines) is 1. The van der Waals surface area contributed by atoms with E-state index >= 15 is 0 Å². The summed E-state index contributed by atoms with van der Waals surface area (Å²) in [6.45, 7) is 2.65. The summed E-state index contributed by atoms with van der Waals surface area (Å²) >= 11 is 0. The van der Waals surface area contributed by atoms with Crippen LogP contribution < -0.4 is 5.73 Å². The molecule has 11 heavy (non-hydrogen) atoms. The SMILES string of the molecule is C#CCN1CCCC1CN.Cl. The van der Waals surface area contributed by atoms with E-state index in [9.17, 15) is 0 Å². The van der Waals surface area contributed by atoms with Gasteiger partial charge in [0.25, 0.3) is 0 Å². The van der Waals surface area contributed by atoms with E-state index in [0.29, 0.717) is 6.04 Å². The summed E-state index contributed by atoms with van der Waals surface area (Å²) < 4.78 is 0. The maximum Gasteiger partial charge on any atom is 0.0601 e. The normalized spacial score (nSPS) is 24.2. The van der Waals surface area contributed by atoms with Crippen molar-refractivity contribution in [1.29, 1.82) is 0 Å². The quantitative estimate of drug-likeness (QED) is 0.617. The zero-order valence-corrected chi connectivity index (χ0v) is 7.44. The summed E-state index contributed by atoms with van der Waals surface area (Å²) in [6.07, 6.45) is 7.67. The Balaban J connectivity index is 0.000001000. The van der Waals surface area contributed by atoms with Gasteiger partial charge in [-0.25, -0.2) is 0 Å². The largest absolute Gasteiger partial charge is 0.329 e. The molecule has 0 saturated carbocycles. The van der Waals surface area contributed by atoms with Gasteiger partial charge in [-0.15, -0.1) is 18.8 Å². The van der Waals surface area contributed by atoms with Crippen LogP contribution in [0.3, 0.4) is 0 Å². The molecule has 1 fully saturated rings. The van der Waals surface area contributed by atoms with E-state index in [-0.39, 0.29) is 12.4 Å². The number of hydrogen-bond donors (Lipinski definition) is 1. The van der Waals surface area contributed by atoms with E-state index in [1.165, 1.54) is 12.8 Å². The second kappa shape index (κ2) is 5.42. The first-order chi connectivity index (χ1) is 4.88. The molecule has 1 rings (SSSR count). The molecule has 2 N–H and O–H groups in total. The molecule has 1 unspecified atom stereocenters. The van der Waals surface area contributed by atoms with E-state index < -0.39 is 0 Å². The Hall–Kier alpha value is -0.230. The van der Waals surface area contributed by atoms with Gasteiger partial charge in [0.15, 0.2) is 0 Å². The van der Waals surface area contributed by atoms with Gasteiger partial charge in [0.05, 0.1) is 6.54 Å². The zero-order valence-electron chi connectivity index (χ0n) is 6.62. The molecule has 0 aliphatic carbocycles. The Bertz CT molecular complexity index is 142. The maximum atomic E-state index is 5.54. The second-order valence-corrected chi connectivity index (χ2v) is 2.71. The van der Waals surface area contributed by atoms with Crippen LogP contribution in [-0.4, -0.2) is 30.6 Å². The van der Waals surface area contributed by atoms with Crippen molar-refractivity contribution in [3.8, 4) is 12.3 Å². The Morgan fingerprint density at radius 3 is 2.91 bits per heavy atom. The fourth-order valence-corrected chi connectivity index (χ4v) is 1.49. The highest BCUT2D eigenvalue weighted by atomic mass is 35.5. The molecule has 2 nitrogen and oxygen atoms in total. The van der Waals surface area contributed by atoms with Crippen molar-refractivity contribution in [1.82, 2.24) is 4.90 Å². The van der Waals surface area contributed by atoms with E-state index in [0.717, 1.165) is 19.6 Å². The summed E-state index contributed by atoms with van der Waals surface area (Å²) in [4.78, 5) is 2.28. The highest BCUT2D eigenvalue weighted by Gasteiger charge is 2.21. The van der Waals surface area contributed by atoms with Crippen molar-refractivity contribution in [3.63, 3.8) is 0 Å². The molecule has 3 heteroatoms. The third-order valence-electron chi connectivity index (χ3n) is 2.07. The average Bonchev–Trinajstić information content (AvgIpc) is 2.36. The number of hydrogen-bond acceptors (Lipinski definition) is 2. The van der Waals surface area contributed by atoms with E-state index in [1.807, 2.05) is 0 Å². The number of terminal acetylenes is 1. The van der Waals surface area contributed by atoms with Crippen molar-refractivity contribution < 1.29 is 0 Å². The first-order valence-electron chi connectivity index (χ1n) is 3.76. The Kier molecular flexibility index (Phi) is 5.31. The predicted octanol–water partition coefficient (Wildman–Crippen LogP) is 0.464. The summed E-state index contributed by atoms with van der Waals surface area (Å²) in [5, 5.41) is 0. The fourth-order valence-electron chi connectivity index (χ4n) is 1.49. The minimum Gasteiger partial charge on any atom is -0.329 e. The van der Waals surface area contributed by atoms with Crippen LogP contribution in [0.15, 0.2) is 0 Å². The molecule has 1 atom stereocenters. The van der Waals surface area contributed by atoms with Gasteiger partial charge in [0.1, 0.15) is 0 Å². The molecule has 0 spiro atoms. The lowest BCUT2D eigenvalue weighted by atomic mass is 10.2. The first kappa shape index (κ1) is 10.8. The van der Waals surface area contributed by atoms with Gasteiger partial charge < -0.3 is 5.73 Å². The van der Waals surface area contributed by atoms with Crippen molar-refractivity contribution in [2.75, 3.05) is 19.6 Å². The molecular formula is C8H15ClN2. The molecule has 1 aliphatic rings. The van der Waals surface area contributed by atoms with Gasteiger partial charge in [-0.05, 0) is 19.4 Å². The molecule has 1 heterocycles. The van der Waals surface area contributed by atoms with Crippen molar-refractivity contribution in [3.05, 3.63) is 0 Å². The smallest absolute Gasteiger partial charge is 0.0601 e. The van der Waals surface area contributed by atoms with Crippen LogP contribution >= 0.6 is 12.4 Å². The standard InChI is InChI=1S/C8H14N2.ClH/c1-2-5-10-6-3-4-8(10)7-9;/h1,8H,3-7,9H2;1H. The number of rotatable bonds is 2. The van der Waals surface area contributed by atoms with E-state index in [4.69, 9.17) is 12.2 Å². The van der Waals surface area contributed by atoms with E-state index in [2.05, 4.69) is 10.8 Å². The van der Waals surface area contributed by atoms with Gasteiger partial charge in [0.2, 0.25) is 0 Å². The first-order valence-corrected chi connectivity index (χ1v) is 3.76. The highest BCUT2D eigenvalue weighted by Crippen LogP contribution is 2.14. The molecule has 0 amide bonds. The fraction of sp³-hybridized carbons (Fsp3) is 0.750. The molecule has 0 aromatic rings. The van der Waals surface area contributed by atoms with Crippen LogP contribution in [0, 0.1) is 12.3 Å². The van der Waals surface area contributed by atoms with E-state index in [1.54, 1.807) is 0 Å². The third kappa shape index (κ3) is 2.70. The molecule has 0 radical (unpaired) electrons. The van der Waals surface area contributed by atoms with Crippen molar-refractivity contribution >= 4 is 12.4 Å². The molecule has 1 saturated heterocycles. The minimum absolute atomic E-state index is 0. The van der Waals surface area contributed by atoms with Gasteiger partial charge >= 0.3 is 0 Å². The lowest BCUT2D eigenvalue weighted by molar-refractivity contribution is 0.290. The molecule has 0 aromatic heterocycles. The minimum atomic E-state index is 0. The van der Waals surface area contributed by atoms with Crippen LogP contribution in [0.1, 0.15) is 12.8 Å². The van der Waals surface area contributed by atoms with Gasteiger partial charge in [-0.2, -0.15) is 0 Å². The molecule has 0 aromatic carbocycles. The summed E-state index contributed by atoms with van der Waals surface area (Å²) in [5.41, 5.74) is 5.54. The Morgan fingerprint density at radius 1 is 1.64 bits per heavy atom. The highest BCUT2D eigenvalue weighted by molar-refractivity contribution is 5.85. The molecule has 0 bridgehead atoms. The number of halogens is 1. The van der Waals surface area contributed by atoms with Crippen LogP contribution in [0.5, 0.6) is 0 Å². The summed E-state index contributed by atoms with van der Waals surface area (Å²) in [5.74, 6) is 2.64. The van der Waals surface area contributed by atoms with Gasteiger partial charge in [0, 0.05) is 12.6 Å². The lowest BCUT2D eigenvalue weighted by Crippen LogP contribution is -2.35.